The molecule has 9 heteroatoms. The van der Waals surface area contributed by atoms with Crippen LogP contribution in [0.5, 0.6) is 11.8 Å². The van der Waals surface area contributed by atoms with Gasteiger partial charge in [0.05, 0.1) is 34.3 Å². The molecule has 0 N–H and O–H groups in total. The third-order valence-corrected chi connectivity index (χ3v) is 6.69. The Morgan fingerprint density at radius 2 is 1.79 bits per heavy atom. The van der Waals surface area contributed by atoms with E-state index in [1.54, 1.807) is 43.6 Å². The lowest BCUT2D eigenvalue weighted by atomic mass is 9.87. The average Bonchev–Trinajstić information content (AvgIpc) is 3.26. The molecule has 2 aromatic heterocycles. The van der Waals surface area contributed by atoms with E-state index in [1.807, 2.05) is 17.0 Å². The minimum atomic E-state index is -0.0713. The average molecular weight is 507 g/mol. The van der Waals surface area contributed by atoms with Crippen molar-refractivity contribution in [3.8, 4) is 11.8 Å². The zero-order valence-corrected chi connectivity index (χ0v) is 20.1. The van der Waals surface area contributed by atoms with Crippen LogP contribution in [0, 0.1) is 5.92 Å². The Morgan fingerprint density at radius 1 is 1.00 bits per heavy atom. The predicted octanol–water partition coefficient (Wildman–Crippen LogP) is 5.77. The molecule has 3 aromatic rings. The molecule has 0 spiro atoms. The van der Waals surface area contributed by atoms with Crippen molar-refractivity contribution in [1.29, 1.82) is 0 Å². The number of nitrogens with zero attached hydrogens (tertiary/aromatic N) is 3. The van der Waals surface area contributed by atoms with Gasteiger partial charge in [0.15, 0.2) is 0 Å². The van der Waals surface area contributed by atoms with Crippen LogP contribution in [-0.2, 0) is 0 Å². The van der Waals surface area contributed by atoms with E-state index >= 15 is 0 Å². The molecule has 1 amide bonds. The predicted molar refractivity (Wildman–Crippen MR) is 129 cm³/mol. The zero-order valence-electron chi connectivity index (χ0n) is 17.9. The fourth-order valence-electron chi connectivity index (χ4n) is 4.02. The molecule has 3 heterocycles. The second-order valence-corrected chi connectivity index (χ2v) is 9.04. The number of halogens is 3. The van der Waals surface area contributed by atoms with Crippen LogP contribution in [-0.4, -0.2) is 47.6 Å². The third kappa shape index (κ3) is 5.69. The third-order valence-electron chi connectivity index (χ3n) is 5.73. The summed E-state index contributed by atoms with van der Waals surface area (Å²) >= 11 is 18.3. The van der Waals surface area contributed by atoms with Crippen molar-refractivity contribution in [2.75, 3.05) is 26.8 Å². The lowest BCUT2D eigenvalue weighted by Crippen LogP contribution is -2.29. The number of pyridine rings is 2. The van der Waals surface area contributed by atoms with Gasteiger partial charge < -0.3 is 14.4 Å². The van der Waals surface area contributed by atoms with Gasteiger partial charge in [0, 0.05) is 43.5 Å². The molecule has 0 bridgehead atoms. The largest absolute Gasteiger partial charge is 0.481 e. The number of amides is 1. The number of ether oxygens (including phenoxy) is 2. The molecule has 0 radical (unpaired) electrons. The van der Waals surface area contributed by atoms with Gasteiger partial charge in [-0.25, -0.2) is 9.97 Å². The molecule has 33 heavy (non-hydrogen) atoms. The van der Waals surface area contributed by atoms with E-state index in [4.69, 9.17) is 44.3 Å². The first kappa shape index (κ1) is 23.6. The van der Waals surface area contributed by atoms with Crippen molar-refractivity contribution in [3.63, 3.8) is 0 Å². The zero-order chi connectivity index (χ0) is 23.4. The van der Waals surface area contributed by atoms with Crippen LogP contribution < -0.4 is 9.47 Å². The molecule has 0 aliphatic carbocycles. The van der Waals surface area contributed by atoms with Gasteiger partial charge in [-0.3, -0.25) is 4.79 Å². The maximum atomic E-state index is 13.2. The SMILES string of the molecule is COc1ccc(C(=O)N2C[C@H](CCOc3ccc(Cl)cn3)[C@@H](c3ccc(Cl)c(Cl)c3)C2)cn1. The van der Waals surface area contributed by atoms with Crippen LogP contribution in [0.2, 0.25) is 15.1 Å². The number of methoxy groups -OCH3 is 1. The highest BCUT2D eigenvalue weighted by Crippen LogP contribution is 2.38. The molecule has 1 saturated heterocycles. The number of carbonyl (C=O) groups is 1. The van der Waals surface area contributed by atoms with Crippen LogP contribution in [0.3, 0.4) is 0 Å². The lowest BCUT2D eigenvalue weighted by Gasteiger charge is -2.19. The Hall–Kier alpha value is -2.54. The van der Waals surface area contributed by atoms with Crippen molar-refractivity contribution in [3.05, 3.63) is 81.1 Å². The summed E-state index contributed by atoms with van der Waals surface area (Å²) in [5, 5.41) is 1.56. The maximum Gasteiger partial charge on any atom is 0.255 e. The van der Waals surface area contributed by atoms with Gasteiger partial charge in [-0.05, 0) is 42.2 Å². The topological polar surface area (TPSA) is 64.5 Å². The summed E-state index contributed by atoms with van der Waals surface area (Å²) in [6.45, 7) is 1.61. The Bertz CT molecular complexity index is 1110. The Balaban J connectivity index is 1.50. The molecule has 0 saturated carbocycles. The number of rotatable bonds is 7. The number of benzene rings is 1. The van der Waals surface area contributed by atoms with Crippen LogP contribution in [0.25, 0.3) is 0 Å². The molecule has 2 atom stereocenters. The fraction of sp³-hybridized carbons (Fsp3) is 0.292. The number of hydrogen-bond donors (Lipinski definition) is 0. The van der Waals surface area contributed by atoms with E-state index in [1.165, 1.54) is 6.20 Å². The highest BCUT2D eigenvalue weighted by molar-refractivity contribution is 6.42. The van der Waals surface area contributed by atoms with Crippen molar-refractivity contribution < 1.29 is 14.3 Å². The first-order chi connectivity index (χ1) is 15.9. The summed E-state index contributed by atoms with van der Waals surface area (Å²) in [6.07, 6.45) is 3.83. The van der Waals surface area contributed by atoms with Crippen LogP contribution in [0.1, 0.15) is 28.3 Å². The van der Waals surface area contributed by atoms with Gasteiger partial charge in [0.1, 0.15) is 0 Å². The molecule has 1 aromatic carbocycles. The standard InChI is InChI=1S/C24H22Cl3N3O3/c1-32-22-6-3-16(11-28-22)24(31)30-13-17(8-9-33-23-7-4-18(25)12-29-23)19(14-30)15-2-5-20(26)21(27)10-15/h2-7,10-12,17,19H,8-9,13-14H2,1H3/t17-,19+/m0/s1. The molecule has 1 aliphatic rings. The van der Waals surface area contributed by atoms with E-state index in [9.17, 15) is 4.79 Å². The van der Waals surface area contributed by atoms with Crippen LogP contribution in [0.4, 0.5) is 0 Å². The van der Waals surface area contributed by atoms with Crippen LogP contribution in [0.15, 0.2) is 54.9 Å². The van der Waals surface area contributed by atoms with Crippen molar-refractivity contribution in [2.24, 2.45) is 5.92 Å². The summed E-state index contributed by atoms with van der Waals surface area (Å²) in [5.41, 5.74) is 1.56. The maximum absolute atomic E-state index is 13.2. The molecular formula is C24H22Cl3N3O3. The Kier molecular flexibility index (Phi) is 7.58. The minimum absolute atomic E-state index is 0.0713. The minimum Gasteiger partial charge on any atom is -0.481 e. The smallest absolute Gasteiger partial charge is 0.255 e. The number of aromatic nitrogens is 2. The summed E-state index contributed by atoms with van der Waals surface area (Å²) in [5.74, 6) is 1.17. The molecule has 172 valence electrons. The normalized spacial score (nSPS) is 17.8. The van der Waals surface area contributed by atoms with E-state index in [-0.39, 0.29) is 17.7 Å². The molecule has 4 rings (SSSR count). The van der Waals surface area contributed by atoms with Gasteiger partial charge >= 0.3 is 0 Å². The van der Waals surface area contributed by atoms with E-state index in [0.29, 0.717) is 52.1 Å². The Labute approximate surface area is 207 Å². The van der Waals surface area contributed by atoms with E-state index in [0.717, 1.165) is 12.0 Å². The lowest BCUT2D eigenvalue weighted by molar-refractivity contribution is 0.0783. The van der Waals surface area contributed by atoms with Gasteiger partial charge in [-0.1, -0.05) is 40.9 Å². The molecule has 6 nitrogen and oxygen atoms in total. The first-order valence-corrected chi connectivity index (χ1v) is 11.6. The van der Waals surface area contributed by atoms with Crippen molar-refractivity contribution in [2.45, 2.75) is 12.3 Å². The summed E-state index contributed by atoms with van der Waals surface area (Å²) in [4.78, 5) is 23.3. The molecule has 0 unspecified atom stereocenters. The highest BCUT2D eigenvalue weighted by atomic mass is 35.5. The number of hydrogen-bond acceptors (Lipinski definition) is 5. The summed E-state index contributed by atoms with van der Waals surface area (Å²) in [7, 11) is 1.54. The second kappa shape index (κ2) is 10.6. The fourth-order valence-corrected chi connectivity index (χ4v) is 4.44. The second-order valence-electron chi connectivity index (χ2n) is 7.79. The molecule has 1 fully saturated rings. The van der Waals surface area contributed by atoms with Crippen molar-refractivity contribution >= 4 is 40.7 Å². The Morgan fingerprint density at radius 3 is 2.45 bits per heavy atom. The monoisotopic (exact) mass is 505 g/mol. The summed E-state index contributed by atoms with van der Waals surface area (Å²) < 4.78 is 10.9. The van der Waals surface area contributed by atoms with Crippen molar-refractivity contribution in [1.82, 2.24) is 14.9 Å². The highest BCUT2D eigenvalue weighted by Gasteiger charge is 2.36. The van der Waals surface area contributed by atoms with Gasteiger partial charge in [0.25, 0.3) is 5.91 Å². The first-order valence-electron chi connectivity index (χ1n) is 10.4. The van der Waals surface area contributed by atoms with E-state index < -0.39 is 0 Å². The van der Waals surface area contributed by atoms with E-state index in [2.05, 4.69) is 9.97 Å². The molecule has 1 aliphatic heterocycles. The quantitative estimate of drug-likeness (QED) is 0.407. The van der Waals surface area contributed by atoms with Gasteiger partial charge in [0.2, 0.25) is 11.8 Å². The van der Waals surface area contributed by atoms with Crippen LogP contribution >= 0.6 is 34.8 Å². The van der Waals surface area contributed by atoms with Gasteiger partial charge in [-0.15, -0.1) is 0 Å². The summed E-state index contributed by atoms with van der Waals surface area (Å²) in [6, 6.07) is 12.5. The molecular weight excluding hydrogens is 485 g/mol. The number of carbonyl (C=O) groups excluding carboxylic acids is 1. The number of likely N-dealkylation sites (tertiary alicyclic amines) is 1. The van der Waals surface area contributed by atoms with Gasteiger partial charge in [-0.2, -0.15) is 0 Å².